The Labute approximate surface area is 119 Å². The number of rotatable bonds is 3. The van der Waals surface area contributed by atoms with E-state index >= 15 is 0 Å². The minimum Gasteiger partial charge on any atom is -0.474 e. The second-order valence-electron chi connectivity index (χ2n) is 5.22. The molecule has 0 aliphatic heterocycles. The van der Waals surface area contributed by atoms with Crippen molar-refractivity contribution in [3.63, 3.8) is 0 Å². The monoisotopic (exact) mass is 287 g/mol. The molecule has 0 bridgehead atoms. The Kier molecular flexibility index (Phi) is 4.74. The van der Waals surface area contributed by atoms with Gasteiger partial charge in [-0.05, 0) is 37.2 Å². The van der Waals surface area contributed by atoms with Gasteiger partial charge < -0.3 is 4.74 Å². The second-order valence-corrected chi connectivity index (χ2v) is 5.89. The predicted octanol–water partition coefficient (Wildman–Crippen LogP) is 4.68. The first-order chi connectivity index (χ1) is 8.60. The van der Waals surface area contributed by atoms with Gasteiger partial charge in [0.25, 0.3) is 0 Å². The first-order valence-electron chi connectivity index (χ1n) is 6.48. The molecule has 100 valence electrons. The van der Waals surface area contributed by atoms with Gasteiger partial charge in [0.2, 0.25) is 5.88 Å². The largest absolute Gasteiger partial charge is 0.474 e. The molecular formula is C14H19Cl2NO. The van der Waals surface area contributed by atoms with E-state index in [1.54, 1.807) is 6.07 Å². The Morgan fingerprint density at radius 2 is 2.06 bits per heavy atom. The third-order valence-corrected chi connectivity index (χ3v) is 4.45. The summed E-state index contributed by atoms with van der Waals surface area (Å²) in [5.74, 6) is 2.46. The molecule has 0 N–H and O–H groups in total. The van der Waals surface area contributed by atoms with Crippen LogP contribution in [0.15, 0.2) is 12.1 Å². The highest BCUT2D eigenvalue weighted by Crippen LogP contribution is 2.31. The molecule has 1 fully saturated rings. The first-order valence-corrected chi connectivity index (χ1v) is 7.39. The molecule has 1 aromatic rings. The highest BCUT2D eigenvalue weighted by molar-refractivity contribution is 6.32. The Morgan fingerprint density at radius 3 is 2.72 bits per heavy atom. The summed E-state index contributed by atoms with van der Waals surface area (Å²) < 4.78 is 5.94. The van der Waals surface area contributed by atoms with Crippen LogP contribution in [0.25, 0.3) is 0 Å². The molecule has 0 spiro atoms. The van der Waals surface area contributed by atoms with Crippen molar-refractivity contribution in [3.05, 3.63) is 22.8 Å². The van der Waals surface area contributed by atoms with Gasteiger partial charge in [-0.25, -0.2) is 4.98 Å². The summed E-state index contributed by atoms with van der Waals surface area (Å²) in [6, 6.07) is 3.62. The summed E-state index contributed by atoms with van der Waals surface area (Å²) in [5, 5.41) is 0.600. The first kappa shape index (κ1) is 14.0. The minimum atomic E-state index is 0.271. The lowest BCUT2D eigenvalue weighted by Crippen LogP contribution is -2.29. The van der Waals surface area contributed by atoms with Gasteiger partial charge in [-0.3, -0.25) is 0 Å². The number of hydrogen-bond donors (Lipinski definition) is 0. The maximum atomic E-state index is 5.98. The fraction of sp³-hybridized carbons (Fsp3) is 0.643. The fourth-order valence-electron chi connectivity index (χ4n) is 2.40. The average Bonchev–Trinajstić information content (AvgIpc) is 2.36. The Hall–Kier alpha value is -0.470. The number of alkyl halides is 1. The molecule has 1 saturated carbocycles. The zero-order valence-electron chi connectivity index (χ0n) is 10.8. The molecule has 3 atom stereocenters. The number of hydrogen-bond acceptors (Lipinski definition) is 2. The number of aromatic nitrogens is 1. The highest BCUT2D eigenvalue weighted by Gasteiger charge is 2.26. The SMILES string of the molecule is CC1CCC(Oc2ccc(Cl)c(CCl)n2)CC1C. The maximum absolute atomic E-state index is 5.98. The lowest BCUT2D eigenvalue weighted by Gasteiger charge is -2.31. The van der Waals surface area contributed by atoms with Gasteiger partial charge in [0, 0.05) is 6.07 Å². The molecule has 0 aromatic carbocycles. The predicted molar refractivity (Wildman–Crippen MR) is 75.4 cm³/mol. The molecule has 0 saturated heterocycles. The standard InChI is InChI=1S/C14H19Cl2NO/c1-9-3-4-11(7-10(9)2)18-14-6-5-12(16)13(8-15)17-14/h5-6,9-11H,3-4,7-8H2,1-2H3. The molecule has 0 amide bonds. The number of ether oxygens (including phenoxy) is 1. The van der Waals surface area contributed by atoms with Crippen molar-refractivity contribution in [3.8, 4) is 5.88 Å². The molecule has 1 aliphatic rings. The Morgan fingerprint density at radius 1 is 1.28 bits per heavy atom. The van der Waals surface area contributed by atoms with Gasteiger partial charge in [-0.15, -0.1) is 11.6 Å². The fourth-order valence-corrected chi connectivity index (χ4v) is 2.84. The summed E-state index contributed by atoms with van der Waals surface area (Å²) in [4.78, 5) is 4.34. The van der Waals surface area contributed by atoms with E-state index < -0.39 is 0 Å². The molecule has 1 aliphatic carbocycles. The van der Waals surface area contributed by atoms with E-state index in [1.807, 2.05) is 6.07 Å². The molecule has 2 rings (SSSR count). The lowest BCUT2D eigenvalue weighted by molar-refractivity contribution is 0.0963. The molecule has 2 nitrogen and oxygen atoms in total. The summed E-state index contributed by atoms with van der Waals surface area (Å²) in [6.45, 7) is 4.60. The van der Waals surface area contributed by atoms with E-state index in [-0.39, 0.29) is 6.10 Å². The Balaban J connectivity index is 2.01. The van der Waals surface area contributed by atoms with E-state index in [9.17, 15) is 0 Å². The quantitative estimate of drug-likeness (QED) is 0.753. The van der Waals surface area contributed by atoms with Gasteiger partial charge >= 0.3 is 0 Å². The van der Waals surface area contributed by atoms with Crippen LogP contribution in [0.3, 0.4) is 0 Å². The van der Waals surface area contributed by atoms with Crippen molar-refractivity contribution in [1.82, 2.24) is 4.98 Å². The zero-order valence-corrected chi connectivity index (χ0v) is 12.3. The van der Waals surface area contributed by atoms with Crippen LogP contribution in [-0.4, -0.2) is 11.1 Å². The molecule has 1 aromatic heterocycles. The van der Waals surface area contributed by atoms with Crippen molar-refractivity contribution < 1.29 is 4.74 Å². The number of halogens is 2. The van der Waals surface area contributed by atoms with Crippen LogP contribution < -0.4 is 4.74 Å². The van der Waals surface area contributed by atoms with Gasteiger partial charge in [0.05, 0.1) is 16.6 Å². The van der Waals surface area contributed by atoms with Crippen LogP contribution in [0.4, 0.5) is 0 Å². The third-order valence-electron chi connectivity index (χ3n) is 3.86. The van der Waals surface area contributed by atoms with E-state index in [0.29, 0.717) is 28.4 Å². The van der Waals surface area contributed by atoms with E-state index in [0.717, 1.165) is 18.8 Å². The molecular weight excluding hydrogens is 269 g/mol. The zero-order chi connectivity index (χ0) is 13.1. The van der Waals surface area contributed by atoms with E-state index in [2.05, 4.69) is 18.8 Å². The van der Waals surface area contributed by atoms with Gasteiger partial charge in [-0.1, -0.05) is 25.4 Å². The van der Waals surface area contributed by atoms with Crippen LogP contribution >= 0.6 is 23.2 Å². The van der Waals surface area contributed by atoms with Gasteiger partial charge in [-0.2, -0.15) is 0 Å². The average molecular weight is 288 g/mol. The molecule has 1 heterocycles. The molecule has 4 heteroatoms. The molecule has 18 heavy (non-hydrogen) atoms. The lowest BCUT2D eigenvalue weighted by atomic mass is 9.80. The van der Waals surface area contributed by atoms with Gasteiger partial charge in [0.1, 0.15) is 6.10 Å². The number of nitrogens with zero attached hydrogens (tertiary/aromatic N) is 1. The van der Waals surface area contributed by atoms with Crippen molar-refractivity contribution in [2.45, 2.75) is 45.1 Å². The van der Waals surface area contributed by atoms with Crippen molar-refractivity contribution in [2.24, 2.45) is 11.8 Å². The minimum absolute atomic E-state index is 0.271. The summed E-state index contributed by atoms with van der Waals surface area (Å²) in [6.07, 6.45) is 3.70. The third kappa shape index (κ3) is 3.30. The smallest absolute Gasteiger partial charge is 0.213 e. The van der Waals surface area contributed by atoms with Crippen LogP contribution in [0, 0.1) is 11.8 Å². The maximum Gasteiger partial charge on any atom is 0.213 e. The van der Waals surface area contributed by atoms with E-state index in [4.69, 9.17) is 27.9 Å². The van der Waals surface area contributed by atoms with Crippen molar-refractivity contribution >= 4 is 23.2 Å². The topological polar surface area (TPSA) is 22.1 Å². The van der Waals surface area contributed by atoms with Crippen LogP contribution in [0.2, 0.25) is 5.02 Å². The van der Waals surface area contributed by atoms with Crippen LogP contribution in [-0.2, 0) is 5.88 Å². The summed E-state index contributed by atoms with van der Waals surface area (Å²) in [7, 11) is 0. The highest BCUT2D eigenvalue weighted by atomic mass is 35.5. The molecule has 0 radical (unpaired) electrons. The number of pyridine rings is 1. The van der Waals surface area contributed by atoms with Crippen LogP contribution in [0.1, 0.15) is 38.8 Å². The van der Waals surface area contributed by atoms with Crippen molar-refractivity contribution in [1.29, 1.82) is 0 Å². The normalized spacial score (nSPS) is 28.1. The van der Waals surface area contributed by atoms with E-state index in [1.165, 1.54) is 6.42 Å². The Bertz CT molecular complexity index is 411. The summed E-state index contributed by atoms with van der Waals surface area (Å²) >= 11 is 11.8. The van der Waals surface area contributed by atoms with Crippen molar-refractivity contribution in [2.75, 3.05) is 0 Å². The second kappa shape index (κ2) is 6.12. The molecule has 3 unspecified atom stereocenters. The van der Waals surface area contributed by atoms with Gasteiger partial charge in [0.15, 0.2) is 0 Å². The van der Waals surface area contributed by atoms with Crippen LogP contribution in [0.5, 0.6) is 5.88 Å². The summed E-state index contributed by atoms with van der Waals surface area (Å²) in [5.41, 5.74) is 0.688.